The first-order valence-corrected chi connectivity index (χ1v) is 6.08. The van der Waals surface area contributed by atoms with Gasteiger partial charge in [0.2, 0.25) is 0 Å². The van der Waals surface area contributed by atoms with Crippen molar-refractivity contribution in [3.63, 3.8) is 0 Å². The van der Waals surface area contributed by atoms with Gasteiger partial charge in [-0.05, 0) is 37.3 Å². The maximum Gasteiger partial charge on any atom is 0.287 e. The third kappa shape index (κ3) is 4.03. The van der Waals surface area contributed by atoms with Crippen LogP contribution in [-0.2, 0) is 4.79 Å². The molecular weight excluding hydrogens is 279 g/mol. The Kier molecular flexibility index (Phi) is 4.50. The lowest BCUT2D eigenvalue weighted by Gasteiger charge is -2.14. The average Bonchev–Trinajstić information content (AvgIpc) is 3.01. The zero-order chi connectivity index (χ0) is 15.2. The zero-order valence-corrected chi connectivity index (χ0v) is 11.1. The lowest BCUT2D eigenvalue weighted by Crippen LogP contribution is -2.47. The summed E-state index contributed by atoms with van der Waals surface area (Å²) in [5.74, 6) is -1.13. The van der Waals surface area contributed by atoms with E-state index >= 15 is 0 Å². The number of amides is 2. The standard InChI is InChI=1S/C13H13FN4O3/c1-8(21-10-4-2-9(14)3-5-10)12(19)17-18-13(20)11-6-7-15-16-11/h2-8H,1H3,(H,15,16)(H,17,19)(H,18,20). The van der Waals surface area contributed by atoms with Gasteiger partial charge in [-0.3, -0.25) is 25.5 Å². The Balaban J connectivity index is 1.82. The summed E-state index contributed by atoms with van der Waals surface area (Å²) in [7, 11) is 0. The molecule has 110 valence electrons. The number of nitrogens with one attached hydrogen (secondary N) is 3. The lowest BCUT2D eigenvalue weighted by molar-refractivity contribution is -0.128. The van der Waals surface area contributed by atoms with Crippen molar-refractivity contribution in [1.29, 1.82) is 0 Å². The predicted octanol–water partition coefficient (Wildman–Crippen LogP) is 0.777. The summed E-state index contributed by atoms with van der Waals surface area (Å²) in [5, 5.41) is 6.07. The van der Waals surface area contributed by atoms with E-state index in [1.54, 1.807) is 0 Å². The maximum absolute atomic E-state index is 12.7. The van der Waals surface area contributed by atoms with Gasteiger partial charge in [0.05, 0.1) is 0 Å². The van der Waals surface area contributed by atoms with E-state index in [-0.39, 0.29) is 5.69 Å². The summed E-state index contributed by atoms with van der Waals surface area (Å²) in [6, 6.07) is 6.71. The predicted molar refractivity (Wildman–Crippen MR) is 70.7 cm³/mol. The number of carbonyl (C=O) groups is 2. The van der Waals surface area contributed by atoms with Gasteiger partial charge in [0.1, 0.15) is 17.3 Å². The molecule has 8 heteroatoms. The first-order chi connectivity index (χ1) is 10.1. The Morgan fingerprint density at radius 3 is 2.57 bits per heavy atom. The van der Waals surface area contributed by atoms with Crippen LogP contribution in [0.2, 0.25) is 0 Å². The fourth-order valence-corrected chi connectivity index (χ4v) is 1.44. The number of hydrazine groups is 1. The van der Waals surface area contributed by atoms with Crippen molar-refractivity contribution in [2.75, 3.05) is 0 Å². The van der Waals surface area contributed by atoms with Crippen molar-refractivity contribution in [3.05, 3.63) is 48.0 Å². The molecule has 0 bridgehead atoms. The molecule has 0 fully saturated rings. The number of H-pyrrole nitrogens is 1. The molecule has 0 radical (unpaired) electrons. The SMILES string of the molecule is CC(Oc1ccc(F)cc1)C(=O)NNC(=O)c1ccn[nH]1. The highest BCUT2D eigenvalue weighted by atomic mass is 19.1. The maximum atomic E-state index is 12.7. The molecule has 1 heterocycles. The summed E-state index contributed by atoms with van der Waals surface area (Å²) in [6.07, 6.45) is 0.550. The summed E-state index contributed by atoms with van der Waals surface area (Å²) in [5.41, 5.74) is 4.64. The van der Waals surface area contributed by atoms with E-state index in [2.05, 4.69) is 21.0 Å². The topological polar surface area (TPSA) is 96.1 Å². The molecule has 1 unspecified atom stereocenters. The molecule has 2 aromatic rings. The van der Waals surface area contributed by atoms with Crippen LogP contribution in [-0.4, -0.2) is 28.1 Å². The Hall–Kier alpha value is -2.90. The van der Waals surface area contributed by atoms with Crippen LogP contribution in [0.4, 0.5) is 4.39 Å². The second kappa shape index (κ2) is 6.51. The van der Waals surface area contributed by atoms with Gasteiger partial charge in [0.25, 0.3) is 11.8 Å². The highest BCUT2D eigenvalue weighted by molar-refractivity contribution is 5.93. The smallest absolute Gasteiger partial charge is 0.287 e. The molecule has 1 aromatic carbocycles. The molecule has 3 N–H and O–H groups in total. The second-order valence-corrected chi connectivity index (χ2v) is 4.13. The first kappa shape index (κ1) is 14.5. The Morgan fingerprint density at radius 2 is 1.95 bits per heavy atom. The van der Waals surface area contributed by atoms with Gasteiger partial charge in [-0.2, -0.15) is 5.10 Å². The Labute approximate surface area is 119 Å². The van der Waals surface area contributed by atoms with Gasteiger partial charge in [0, 0.05) is 6.20 Å². The number of benzene rings is 1. The number of halogens is 1. The number of nitrogens with zero attached hydrogens (tertiary/aromatic N) is 1. The Morgan fingerprint density at radius 1 is 1.24 bits per heavy atom. The summed E-state index contributed by atoms with van der Waals surface area (Å²) >= 11 is 0. The molecule has 1 aromatic heterocycles. The molecule has 2 amide bonds. The molecule has 0 spiro atoms. The highest BCUT2D eigenvalue weighted by Crippen LogP contribution is 2.12. The molecule has 0 saturated carbocycles. The minimum absolute atomic E-state index is 0.211. The lowest BCUT2D eigenvalue weighted by atomic mass is 10.3. The van der Waals surface area contributed by atoms with Crippen LogP contribution in [0.3, 0.4) is 0 Å². The van der Waals surface area contributed by atoms with Gasteiger partial charge in [-0.15, -0.1) is 0 Å². The van der Waals surface area contributed by atoms with Gasteiger partial charge >= 0.3 is 0 Å². The number of carbonyl (C=O) groups excluding carboxylic acids is 2. The number of aromatic amines is 1. The molecule has 7 nitrogen and oxygen atoms in total. The first-order valence-electron chi connectivity index (χ1n) is 6.08. The van der Waals surface area contributed by atoms with Crippen LogP contribution in [0.15, 0.2) is 36.5 Å². The minimum Gasteiger partial charge on any atom is -0.481 e. The second-order valence-electron chi connectivity index (χ2n) is 4.13. The number of hydrogen-bond acceptors (Lipinski definition) is 4. The van der Waals surface area contributed by atoms with Gasteiger partial charge in [-0.1, -0.05) is 0 Å². The molecule has 21 heavy (non-hydrogen) atoms. The van der Waals surface area contributed by atoms with Crippen molar-refractivity contribution < 1.29 is 18.7 Å². The molecule has 0 saturated heterocycles. The average molecular weight is 292 g/mol. The number of hydrogen-bond donors (Lipinski definition) is 3. The van der Waals surface area contributed by atoms with E-state index in [1.165, 1.54) is 43.5 Å². The Bertz CT molecular complexity index is 613. The van der Waals surface area contributed by atoms with Crippen molar-refractivity contribution in [2.24, 2.45) is 0 Å². The van der Waals surface area contributed by atoms with E-state index in [4.69, 9.17) is 4.74 Å². The molecule has 0 aliphatic rings. The van der Waals surface area contributed by atoms with E-state index in [9.17, 15) is 14.0 Å². The van der Waals surface area contributed by atoms with E-state index in [1.807, 2.05) is 0 Å². The van der Waals surface area contributed by atoms with E-state index in [0.717, 1.165) is 0 Å². The van der Waals surface area contributed by atoms with Crippen molar-refractivity contribution >= 4 is 11.8 Å². The van der Waals surface area contributed by atoms with Crippen LogP contribution < -0.4 is 15.6 Å². The summed E-state index contributed by atoms with van der Waals surface area (Å²) in [6.45, 7) is 1.50. The fraction of sp³-hybridized carbons (Fsp3) is 0.154. The van der Waals surface area contributed by atoms with Crippen LogP contribution in [0.25, 0.3) is 0 Å². The van der Waals surface area contributed by atoms with Crippen molar-refractivity contribution in [3.8, 4) is 5.75 Å². The third-order valence-electron chi connectivity index (χ3n) is 2.54. The van der Waals surface area contributed by atoms with Crippen molar-refractivity contribution in [1.82, 2.24) is 21.0 Å². The number of ether oxygens (including phenoxy) is 1. The van der Waals surface area contributed by atoms with Crippen LogP contribution >= 0.6 is 0 Å². The fourth-order valence-electron chi connectivity index (χ4n) is 1.44. The minimum atomic E-state index is -0.863. The van der Waals surface area contributed by atoms with Crippen LogP contribution in [0.1, 0.15) is 17.4 Å². The van der Waals surface area contributed by atoms with Gasteiger partial charge in [0.15, 0.2) is 6.10 Å². The molecule has 2 rings (SSSR count). The summed E-state index contributed by atoms with van der Waals surface area (Å²) in [4.78, 5) is 23.3. The molecular formula is C13H13FN4O3. The largest absolute Gasteiger partial charge is 0.481 e. The molecule has 0 aliphatic carbocycles. The number of aromatic nitrogens is 2. The van der Waals surface area contributed by atoms with Crippen LogP contribution in [0.5, 0.6) is 5.75 Å². The zero-order valence-electron chi connectivity index (χ0n) is 11.1. The van der Waals surface area contributed by atoms with Gasteiger partial charge < -0.3 is 4.74 Å². The number of rotatable bonds is 4. The molecule has 0 aliphatic heterocycles. The third-order valence-corrected chi connectivity index (χ3v) is 2.54. The van der Waals surface area contributed by atoms with E-state index in [0.29, 0.717) is 5.75 Å². The van der Waals surface area contributed by atoms with Crippen LogP contribution in [0, 0.1) is 5.82 Å². The monoisotopic (exact) mass is 292 g/mol. The van der Waals surface area contributed by atoms with Crippen molar-refractivity contribution in [2.45, 2.75) is 13.0 Å². The van der Waals surface area contributed by atoms with Gasteiger partial charge in [-0.25, -0.2) is 4.39 Å². The normalized spacial score (nSPS) is 11.5. The molecule has 1 atom stereocenters. The summed E-state index contributed by atoms with van der Waals surface area (Å²) < 4.78 is 18.0. The quantitative estimate of drug-likeness (QED) is 0.725. The highest BCUT2D eigenvalue weighted by Gasteiger charge is 2.16. The van der Waals surface area contributed by atoms with E-state index < -0.39 is 23.7 Å².